The van der Waals surface area contributed by atoms with Crippen LogP contribution in [-0.2, 0) is 14.3 Å². The van der Waals surface area contributed by atoms with E-state index in [0.29, 0.717) is 24.2 Å². The van der Waals surface area contributed by atoms with Crippen molar-refractivity contribution in [2.24, 2.45) is 5.92 Å². The number of pyridine rings is 1. The molecule has 0 aromatic carbocycles. The van der Waals surface area contributed by atoms with Gasteiger partial charge < -0.3 is 19.9 Å². The normalized spacial score (nSPS) is 31.3. The molecule has 0 radical (unpaired) electrons. The average Bonchev–Trinajstić information content (AvgIpc) is 3.19. The first-order valence-electron chi connectivity index (χ1n) is 15.7. The highest BCUT2D eigenvalue weighted by Gasteiger charge is 2.44. The average molecular weight is 567 g/mol. The highest BCUT2D eigenvalue weighted by Crippen LogP contribution is 2.37. The summed E-state index contributed by atoms with van der Waals surface area (Å²) in [4.78, 5) is 48.7. The monoisotopic (exact) mass is 566 g/mol. The maximum absolute atomic E-state index is 13.2. The zero-order chi connectivity index (χ0) is 28.7. The van der Waals surface area contributed by atoms with Crippen LogP contribution in [0.2, 0.25) is 0 Å². The number of hydrogen-bond acceptors (Lipinski definition) is 8. The van der Waals surface area contributed by atoms with Crippen LogP contribution in [0.5, 0.6) is 0 Å². The smallest absolute Gasteiger partial charge is 0.257 e. The second-order valence-electron chi connectivity index (χ2n) is 13.5. The number of piperidine rings is 2. The van der Waals surface area contributed by atoms with E-state index in [4.69, 9.17) is 9.72 Å². The van der Waals surface area contributed by atoms with Gasteiger partial charge in [0.1, 0.15) is 11.9 Å². The van der Waals surface area contributed by atoms with Gasteiger partial charge in [0.25, 0.3) is 5.91 Å². The highest BCUT2D eigenvalue weighted by atomic mass is 16.5. The van der Waals surface area contributed by atoms with E-state index in [1.54, 1.807) is 4.90 Å². The largest absolute Gasteiger partial charge is 0.375 e. The minimum atomic E-state index is -0.634. The fraction of sp³-hybridized carbons (Fsp3) is 0.742. The van der Waals surface area contributed by atoms with Gasteiger partial charge in [0.05, 0.1) is 29.5 Å². The molecule has 5 heterocycles. The molecule has 6 rings (SSSR count). The van der Waals surface area contributed by atoms with Gasteiger partial charge in [-0.05, 0) is 83.8 Å². The Balaban J connectivity index is 0.978. The molecule has 0 spiro atoms. The molecule has 5 aliphatic rings. The van der Waals surface area contributed by atoms with Crippen LogP contribution in [0.1, 0.15) is 94.2 Å². The maximum atomic E-state index is 13.2. The molecule has 10 heteroatoms. The summed E-state index contributed by atoms with van der Waals surface area (Å²) >= 11 is 0. The Morgan fingerprint density at radius 1 is 0.976 bits per heavy atom. The number of imide groups is 1. The lowest BCUT2D eigenvalue weighted by Gasteiger charge is -2.42. The maximum Gasteiger partial charge on any atom is 0.257 e. The molecule has 1 aliphatic carbocycles. The lowest BCUT2D eigenvalue weighted by Crippen LogP contribution is -2.57. The van der Waals surface area contributed by atoms with E-state index in [1.807, 2.05) is 19.1 Å². The summed E-state index contributed by atoms with van der Waals surface area (Å²) in [5.41, 5.74) is 1.49. The SMILES string of the molecule is CC1c2nc(N3CCC(OC4CCC(CN5CCNC(C)(C)C5)CC4)CC3)ccc2C(=O)N1C1CCC(=O)NC1=O. The second-order valence-corrected chi connectivity index (χ2v) is 13.5. The van der Waals surface area contributed by atoms with Crippen molar-refractivity contribution in [1.82, 2.24) is 25.4 Å². The minimum Gasteiger partial charge on any atom is -0.375 e. The standard InChI is InChI=1S/C31H46N6O4/c1-20-28-24(30(40)37(20)25-9-11-27(38)34-29(25)39)8-10-26(33-28)36-15-12-23(13-16-36)41-22-6-4-21(5-7-22)18-35-17-14-32-31(2,3)19-35/h8,10,20-23,25,32H,4-7,9,11-19H2,1-3H3,(H,34,38,39). The summed E-state index contributed by atoms with van der Waals surface area (Å²) in [6.45, 7) is 12.9. The number of hydrogen-bond donors (Lipinski definition) is 2. The number of fused-ring (bicyclic) bond motifs is 1. The van der Waals surface area contributed by atoms with E-state index in [2.05, 4.69) is 34.3 Å². The van der Waals surface area contributed by atoms with Crippen LogP contribution in [0.25, 0.3) is 0 Å². The van der Waals surface area contributed by atoms with E-state index in [0.717, 1.165) is 63.0 Å². The molecule has 3 saturated heterocycles. The molecular weight excluding hydrogens is 520 g/mol. The highest BCUT2D eigenvalue weighted by molar-refractivity contribution is 6.05. The van der Waals surface area contributed by atoms with Crippen LogP contribution in [0.15, 0.2) is 12.1 Å². The number of piperazine rings is 1. The van der Waals surface area contributed by atoms with Crippen molar-refractivity contribution in [2.75, 3.05) is 44.2 Å². The first-order valence-corrected chi connectivity index (χ1v) is 15.7. The quantitative estimate of drug-likeness (QED) is 0.507. The first kappa shape index (κ1) is 28.6. The Labute approximate surface area is 243 Å². The Bertz CT molecular complexity index is 1160. The predicted molar refractivity (Wildman–Crippen MR) is 156 cm³/mol. The summed E-state index contributed by atoms with van der Waals surface area (Å²) < 4.78 is 6.61. The molecule has 1 aromatic heterocycles. The molecule has 1 saturated carbocycles. The number of anilines is 1. The number of carbonyl (C=O) groups is 3. The number of ether oxygens (including phenoxy) is 1. The number of aromatic nitrogens is 1. The lowest BCUT2D eigenvalue weighted by molar-refractivity contribution is -0.137. The number of amides is 3. The van der Waals surface area contributed by atoms with Crippen molar-refractivity contribution >= 4 is 23.5 Å². The topological polar surface area (TPSA) is 107 Å². The number of rotatable bonds is 6. The van der Waals surface area contributed by atoms with Crippen LogP contribution < -0.4 is 15.5 Å². The fourth-order valence-electron chi connectivity index (χ4n) is 7.66. The molecular formula is C31H46N6O4. The van der Waals surface area contributed by atoms with Gasteiger partial charge in [-0.25, -0.2) is 4.98 Å². The number of nitrogens with zero attached hydrogens (tertiary/aromatic N) is 4. The van der Waals surface area contributed by atoms with E-state index in [9.17, 15) is 14.4 Å². The summed E-state index contributed by atoms with van der Waals surface area (Å²) in [6, 6.07) is 2.84. The van der Waals surface area contributed by atoms with E-state index >= 15 is 0 Å². The van der Waals surface area contributed by atoms with Gasteiger partial charge in [0.2, 0.25) is 11.8 Å². The Hall–Kier alpha value is -2.56. The Morgan fingerprint density at radius 2 is 1.71 bits per heavy atom. The molecule has 4 aliphatic heterocycles. The van der Waals surface area contributed by atoms with E-state index in [-0.39, 0.29) is 29.8 Å². The molecule has 2 atom stereocenters. The molecule has 41 heavy (non-hydrogen) atoms. The van der Waals surface area contributed by atoms with E-state index in [1.165, 1.54) is 32.2 Å². The Morgan fingerprint density at radius 3 is 2.41 bits per heavy atom. The van der Waals surface area contributed by atoms with Gasteiger partial charge in [-0.15, -0.1) is 0 Å². The molecule has 10 nitrogen and oxygen atoms in total. The third kappa shape index (κ3) is 6.15. The van der Waals surface area contributed by atoms with Gasteiger partial charge in [0.15, 0.2) is 0 Å². The summed E-state index contributed by atoms with van der Waals surface area (Å²) in [6.07, 6.45) is 8.09. The van der Waals surface area contributed by atoms with E-state index < -0.39 is 11.9 Å². The molecule has 3 amide bonds. The van der Waals surface area contributed by atoms with Gasteiger partial charge in [-0.1, -0.05) is 0 Å². The van der Waals surface area contributed by atoms with Gasteiger partial charge in [-0.3, -0.25) is 24.6 Å². The summed E-state index contributed by atoms with van der Waals surface area (Å²) in [5.74, 6) is 0.812. The van der Waals surface area contributed by atoms with Crippen molar-refractivity contribution in [3.63, 3.8) is 0 Å². The van der Waals surface area contributed by atoms with Crippen LogP contribution in [0.4, 0.5) is 5.82 Å². The zero-order valence-corrected chi connectivity index (χ0v) is 24.9. The van der Waals surface area contributed by atoms with Gasteiger partial charge in [0, 0.05) is 51.2 Å². The van der Waals surface area contributed by atoms with Crippen molar-refractivity contribution in [1.29, 1.82) is 0 Å². The van der Waals surface area contributed by atoms with Crippen molar-refractivity contribution in [3.8, 4) is 0 Å². The van der Waals surface area contributed by atoms with Crippen molar-refractivity contribution in [3.05, 3.63) is 23.4 Å². The van der Waals surface area contributed by atoms with Crippen molar-refractivity contribution < 1.29 is 19.1 Å². The molecule has 0 bridgehead atoms. The number of nitrogens with one attached hydrogen (secondary N) is 2. The van der Waals surface area contributed by atoms with Crippen LogP contribution in [0, 0.1) is 5.92 Å². The van der Waals surface area contributed by atoms with Crippen molar-refractivity contribution in [2.45, 2.75) is 102 Å². The van der Waals surface area contributed by atoms with Crippen LogP contribution in [-0.4, -0.2) is 95.6 Å². The van der Waals surface area contributed by atoms with Gasteiger partial charge in [-0.2, -0.15) is 0 Å². The molecule has 1 aromatic rings. The third-order valence-corrected chi connectivity index (χ3v) is 9.85. The van der Waals surface area contributed by atoms with Crippen LogP contribution in [0.3, 0.4) is 0 Å². The summed E-state index contributed by atoms with van der Waals surface area (Å²) in [7, 11) is 0. The molecule has 2 unspecified atom stereocenters. The van der Waals surface area contributed by atoms with Gasteiger partial charge >= 0.3 is 0 Å². The first-order chi connectivity index (χ1) is 19.7. The summed E-state index contributed by atoms with van der Waals surface area (Å²) in [5, 5.41) is 5.99. The molecule has 224 valence electrons. The number of carbonyl (C=O) groups excluding carboxylic acids is 3. The lowest BCUT2D eigenvalue weighted by atomic mass is 9.86. The molecule has 2 N–H and O–H groups in total. The zero-order valence-electron chi connectivity index (χ0n) is 24.9. The molecule has 4 fully saturated rings. The predicted octanol–water partition coefficient (Wildman–Crippen LogP) is 2.63. The second kappa shape index (κ2) is 11.6. The minimum absolute atomic E-state index is 0.181. The Kier molecular flexibility index (Phi) is 8.09. The third-order valence-electron chi connectivity index (χ3n) is 9.85. The van der Waals surface area contributed by atoms with Crippen LogP contribution >= 0.6 is 0 Å². The fourth-order valence-corrected chi connectivity index (χ4v) is 7.66.